The first-order valence-electron chi connectivity index (χ1n) is 4.65. The molecule has 4 heteroatoms. The van der Waals surface area contributed by atoms with Crippen LogP contribution in [0, 0.1) is 12.3 Å². The Morgan fingerprint density at radius 3 is 2.50 bits per heavy atom. The Balaban J connectivity index is 4.20. The molecule has 14 heavy (non-hydrogen) atoms. The number of hydrogen-bond donors (Lipinski definition) is 2. The zero-order valence-electron chi connectivity index (χ0n) is 8.95. The largest absolute Gasteiger partial charge is 0.392 e. The number of urea groups is 1. The van der Waals surface area contributed by atoms with Crippen LogP contribution in [-0.4, -0.2) is 41.3 Å². The van der Waals surface area contributed by atoms with Crippen molar-refractivity contribution in [2.75, 3.05) is 13.1 Å². The van der Waals surface area contributed by atoms with Crippen LogP contribution in [-0.2, 0) is 0 Å². The van der Waals surface area contributed by atoms with Gasteiger partial charge >= 0.3 is 6.03 Å². The third-order valence-corrected chi connectivity index (χ3v) is 1.69. The molecule has 0 spiro atoms. The average Bonchev–Trinajstić information content (AvgIpc) is 2.09. The molecule has 0 saturated carbocycles. The summed E-state index contributed by atoms with van der Waals surface area (Å²) < 4.78 is 0. The number of terminal acetylenes is 1. The van der Waals surface area contributed by atoms with Crippen molar-refractivity contribution in [1.82, 2.24) is 10.2 Å². The van der Waals surface area contributed by atoms with Gasteiger partial charge in [-0.05, 0) is 20.8 Å². The van der Waals surface area contributed by atoms with E-state index in [-0.39, 0.29) is 18.6 Å². The van der Waals surface area contributed by atoms with Crippen LogP contribution in [0.3, 0.4) is 0 Å². The summed E-state index contributed by atoms with van der Waals surface area (Å²) in [6.07, 6.45) is 4.49. The number of nitrogens with one attached hydrogen (secondary N) is 1. The Morgan fingerprint density at radius 2 is 2.14 bits per heavy atom. The fraction of sp³-hybridized carbons (Fsp3) is 0.700. The fourth-order valence-corrected chi connectivity index (χ4v) is 1.04. The Morgan fingerprint density at radius 1 is 1.57 bits per heavy atom. The molecule has 0 rings (SSSR count). The smallest absolute Gasteiger partial charge is 0.318 e. The highest BCUT2D eigenvalue weighted by molar-refractivity contribution is 5.74. The van der Waals surface area contributed by atoms with Gasteiger partial charge in [0.1, 0.15) is 0 Å². The minimum Gasteiger partial charge on any atom is -0.392 e. The maximum absolute atomic E-state index is 11.5. The molecule has 0 fully saturated rings. The molecule has 2 amide bonds. The van der Waals surface area contributed by atoms with Gasteiger partial charge in [0.2, 0.25) is 0 Å². The predicted octanol–water partition coefficient (Wildman–Crippen LogP) is 0.420. The molecule has 0 aliphatic heterocycles. The van der Waals surface area contributed by atoms with Crippen LogP contribution in [0.15, 0.2) is 0 Å². The first-order valence-corrected chi connectivity index (χ1v) is 4.65. The van der Waals surface area contributed by atoms with Gasteiger partial charge in [0.25, 0.3) is 0 Å². The van der Waals surface area contributed by atoms with E-state index in [1.807, 2.05) is 13.8 Å². The summed E-state index contributed by atoms with van der Waals surface area (Å²) in [5.74, 6) is 2.32. The molecule has 4 nitrogen and oxygen atoms in total. The van der Waals surface area contributed by atoms with Crippen LogP contribution in [0.1, 0.15) is 20.8 Å². The van der Waals surface area contributed by atoms with Crippen molar-refractivity contribution >= 4 is 6.03 Å². The van der Waals surface area contributed by atoms with Crippen molar-refractivity contribution in [3.8, 4) is 12.3 Å². The van der Waals surface area contributed by atoms with Crippen molar-refractivity contribution in [3.63, 3.8) is 0 Å². The Kier molecular flexibility index (Phi) is 5.73. The molecular weight excluding hydrogens is 180 g/mol. The summed E-state index contributed by atoms with van der Waals surface area (Å²) in [6.45, 7) is 5.94. The van der Waals surface area contributed by atoms with Gasteiger partial charge in [0.05, 0.1) is 12.6 Å². The quantitative estimate of drug-likeness (QED) is 0.643. The van der Waals surface area contributed by atoms with Crippen molar-refractivity contribution in [2.45, 2.75) is 32.9 Å². The lowest BCUT2D eigenvalue weighted by Crippen LogP contribution is -2.47. The van der Waals surface area contributed by atoms with E-state index in [1.54, 1.807) is 11.8 Å². The molecule has 0 heterocycles. The van der Waals surface area contributed by atoms with E-state index in [2.05, 4.69) is 11.2 Å². The number of amides is 2. The molecule has 80 valence electrons. The van der Waals surface area contributed by atoms with Crippen LogP contribution in [0.5, 0.6) is 0 Å². The molecule has 0 aliphatic carbocycles. The minimum atomic E-state index is -0.533. The van der Waals surface area contributed by atoms with Crippen LogP contribution in [0.4, 0.5) is 4.79 Å². The third-order valence-electron chi connectivity index (χ3n) is 1.69. The number of hydrogen-bond acceptors (Lipinski definition) is 2. The summed E-state index contributed by atoms with van der Waals surface area (Å²) in [6, 6.07) is -0.193. The number of carbonyl (C=O) groups excluding carboxylic acids is 1. The summed E-state index contributed by atoms with van der Waals surface area (Å²) in [4.78, 5) is 13.0. The van der Waals surface area contributed by atoms with Crippen LogP contribution in [0.25, 0.3) is 0 Å². The normalized spacial score (nSPS) is 12.0. The number of aliphatic hydroxyl groups is 1. The van der Waals surface area contributed by atoms with E-state index in [0.29, 0.717) is 6.54 Å². The zero-order valence-corrected chi connectivity index (χ0v) is 8.95. The van der Waals surface area contributed by atoms with Gasteiger partial charge in [0, 0.05) is 12.6 Å². The molecule has 0 saturated heterocycles. The van der Waals surface area contributed by atoms with Gasteiger partial charge in [-0.15, -0.1) is 6.42 Å². The highest BCUT2D eigenvalue weighted by Crippen LogP contribution is 2.00. The minimum absolute atomic E-state index is 0.0439. The summed E-state index contributed by atoms with van der Waals surface area (Å²) in [5.41, 5.74) is 0. The van der Waals surface area contributed by atoms with Crippen LogP contribution < -0.4 is 5.32 Å². The van der Waals surface area contributed by atoms with Crippen molar-refractivity contribution in [1.29, 1.82) is 0 Å². The Hall–Kier alpha value is -1.21. The topological polar surface area (TPSA) is 52.6 Å². The van der Waals surface area contributed by atoms with Gasteiger partial charge in [0.15, 0.2) is 0 Å². The molecule has 0 radical (unpaired) electrons. The molecule has 2 N–H and O–H groups in total. The second-order valence-corrected chi connectivity index (χ2v) is 3.46. The fourth-order valence-electron chi connectivity index (χ4n) is 1.04. The number of rotatable bonds is 4. The third kappa shape index (κ3) is 4.73. The first-order chi connectivity index (χ1) is 6.49. The highest BCUT2D eigenvalue weighted by Gasteiger charge is 2.17. The number of carbonyl (C=O) groups is 1. The van der Waals surface area contributed by atoms with Crippen molar-refractivity contribution in [2.24, 2.45) is 0 Å². The van der Waals surface area contributed by atoms with Gasteiger partial charge in [-0.25, -0.2) is 4.79 Å². The first kappa shape index (κ1) is 12.8. The van der Waals surface area contributed by atoms with E-state index in [4.69, 9.17) is 6.42 Å². The average molecular weight is 198 g/mol. The van der Waals surface area contributed by atoms with Gasteiger partial charge in [-0.2, -0.15) is 0 Å². The van der Waals surface area contributed by atoms with E-state index in [1.165, 1.54) is 0 Å². The van der Waals surface area contributed by atoms with Crippen molar-refractivity contribution in [3.05, 3.63) is 0 Å². The molecule has 0 aromatic heterocycles. The van der Waals surface area contributed by atoms with Crippen molar-refractivity contribution < 1.29 is 9.90 Å². The highest BCUT2D eigenvalue weighted by atomic mass is 16.3. The Labute approximate surface area is 85.3 Å². The monoisotopic (exact) mass is 198 g/mol. The van der Waals surface area contributed by atoms with E-state index < -0.39 is 6.10 Å². The van der Waals surface area contributed by atoms with Gasteiger partial charge in [-0.3, -0.25) is 0 Å². The molecule has 0 aromatic carbocycles. The lowest BCUT2D eigenvalue weighted by molar-refractivity contribution is 0.119. The molecular formula is C10H18N2O2. The lowest BCUT2D eigenvalue weighted by Gasteiger charge is -2.27. The lowest BCUT2D eigenvalue weighted by atomic mass is 10.3. The molecule has 1 unspecified atom stereocenters. The number of aliphatic hydroxyl groups excluding tert-OH is 1. The van der Waals surface area contributed by atoms with Crippen LogP contribution in [0.2, 0.25) is 0 Å². The molecule has 0 aliphatic rings. The second-order valence-electron chi connectivity index (χ2n) is 3.46. The van der Waals surface area contributed by atoms with E-state index in [9.17, 15) is 9.90 Å². The maximum Gasteiger partial charge on any atom is 0.318 e. The summed E-state index contributed by atoms with van der Waals surface area (Å²) in [7, 11) is 0. The SMILES string of the molecule is C#CCNC(=O)N(CC(C)O)C(C)C. The van der Waals surface area contributed by atoms with E-state index >= 15 is 0 Å². The molecule has 1 atom stereocenters. The predicted molar refractivity (Wildman–Crippen MR) is 55.8 cm³/mol. The van der Waals surface area contributed by atoms with Gasteiger partial charge < -0.3 is 15.3 Å². The molecule has 0 bridgehead atoms. The Bertz CT molecular complexity index is 219. The standard InChI is InChI=1S/C10H18N2O2/c1-5-6-11-10(14)12(8(2)3)7-9(4)13/h1,8-9,13H,6-7H2,2-4H3,(H,11,14). The maximum atomic E-state index is 11.5. The summed E-state index contributed by atoms with van der Waals surface area (Å²) in [5, 5.41) is 11.7. The zero-order chi connectivity index (χ0) is 11.1. The summed E-state index contributed by atoms with van der Waals surface area (Å²) >= 11 is 0. The van der Waals surface area contributed by atoms with Gasteiger partial charge in [-0.1, -0.05) is 5.92 Å². The molecule has 0 aromatic rings. The van der Waals surface area contributed by atoms with E-state index in [0.717, 1.165) is 0 Å². The second kappa shape index (κ2) is 6.28. The van der Waals surface area contributed by atoms with Crippen LogP contribution >= 0.6 is 0 Å². The number of nitrogens with zero attached hydrogens (tertiary/aromatic N) is 1.